The summed E-state index contributed by atoms with van der Waals surface area (Å²) in [4.78, 5) is 3.98. The van der Waals surface area contributed by atoms with E-state index < -0.39 is 15.1 Å². The van der Waals surface area contributed by atoms with Gasteiger partial charge in [-0.1, -0.05) is 53.0 Å². The van der Waals surface area contributed by atoms with Crippen molar-refractivity contribution in [2.24, 2.45) is 0 Å². The van der Waals surface area contributed by atoms with Gasteiger partial charge >= 0.3 is 0 Å². The zero-order chi connectivity index (χ0) is 19.4. The van der Waals surface area contributed by atoms with Crippen LogP contribution in [0.2, 0.25) is 15.1 Å². The first-order chi connectivity index (χ1) is 12.9. The van der Waals surface area contributed by atoms with E-state index in [9.17, 15) is 8.42 Å². The summed E-state index contributed by atoms with van der Waals surface area (Å²) >= 11 is 18.3. The van der Waals surface area contributed by atoms with Crippen molar-refractivity contribution >= 4 is 44.6 Å². The van der Waals surface area contributed by atoms with Crippen molar-refractivity contribution in [2.45, 2.75) is 29.5 Å². The first-order valence-corrected chi connectivity index (χ1v) is 10.9. The number of aromatic nitrogens is 2. The Kier molecular flexibility index (Phi) is 6.48. The maximum atomic E-state index is 13.4. The number of imidazole rings is 1. The summed E-state index contributed by atoms with van der Waals surface area (Å²) in [6.07, 6.45) is 5.94. The molecule has 0 saturated carbocycles. The molecule has 0 radical (unpaired) electrons. The quantitative estimate of drug-likeness (QED) is 0.496. The van der Waals surface area contributed by atoms with Gasteiger partial charge in [0.05, 0.1) is 21.6 Å². The molecule has 142 valence electrons. The Morgan fingerprint density at radius 3 is 2.26 bits per heavy atom. The Morgan fingerprint density at radius 1 is 1.00 bits per heavy atom. The van der Waals surface area contributed by atoms with Crippen molar-refractivity contribution in [3.63, 3.8) is 0 Å². The van der Waals surface area contributed by atoms with Crippen LogP contribution in [0.1, 0.15) is 12.0 Å². The highest BCUT2D eigenvalue weighted by Gasteiger charge is 2.31. The van der Waals surface area contributed by atoms with Gasteiger partial charge in [-0.3, -0.25) is 0 Å². The van der Waals surface area contributed by atoms with E-state index in [1.807, 2.05) is 12.1 Å². The molecule has 1 aromatic heterocycles. The van der Waals surface area contributed by atoms with Crippen molar-refractivity contribution in [1.82, 2.24) is 9.55 Å². The molecule has 0 N–H and O–H groups in total. The Morgan fingerprint density at radius 2 is 1.67 bits per heavy atom. The second-order valence-electron chi connectivity index (χ2n) is 6.14. The SMILES string of the molecule is O=S(=O)(c1c(Cl)cccc1Cl)C(CCc1ccc(Cl)cc1)Cn1ccnc1. The van der Waals surface area contributed by atoms with Gasteiger partial charge in [-0.15, -0.1) is 0 Å². The Balaban J connectivity index is 1.92. The molecule has 0 amide bonds. The van der Waals surface area contributed by atoms with Gasteiger partial charge in [-0.2, -0.15) is 0 Å². The summed E-state index contributed by atoms with van der Waals surface area (Å²) in [5.41, 5.74) is 1.01. The molecular weight excluding hydrogens is 427 g/mol. The van der Waals surface area contributed by atoms with Gasteiger partial charge in [0.2, 0.25) is 0 Å². The third-order valence-corrected chi connectivity index (χ3v) is 7.66. The third kappa shape index (κ3) is 4.85. The number of benzene rings is 2. The van der Waals surface area contributed by atoms with E-state index in [0.29, 0.717) is 17.9 Å². The molecule has 1 atom stereocenters. The molecule has 4 nitrogen and oxygen atoms in total. The predicted octanol–water partition coefficient (Wildman–Crippen LogP) is 5.32. The molecule has 0 aliphatic rings. The van der Waals surface area contributed by atoms with E-state index in [0.717, 1.165) is 5.56 Å². The molecule has 3 aromatic rings. The fourth-order valence-corrected chi connectivity index (χ4v) is 5.85. The van der Waals surface area contributed by atoms with Crippen LogP contribution < -0.4 is 0 Å². The molecule has 27 heavy (non-hydrogen) atoms. The fourth-order valence-electron chi connectivity index (χ4n) is 2.87. The number of rotatable bonds is 7. The van der Waals surface area contributed by atoms with E-state index in [-0.39, 0.29) is 21.5 Å². The topological polar surface area (TPSA) is 52.0 Å². The summed E-state index contributed by atoms with van der Waals surface area (Å²) in [5, 5.41) is 0.193. The minimum absolute atomic E-state index is 0.0189. The second-order valence-corrected chi connectivity index (χ2v) is 9.56. The van der Waals surface area contributed by atoms with E-state index in [1.54, 1.807) is 41.5 Å². The van der Waals surface area contributed by atoms with Crippen molar-refractivity contribution in [2.75, 3.05) is 0 Å². The largest absolute Gasteiger partial charge is 0.336 e. The normalized spacial score (nSPS) is 12.9. The summed E-state index contributed by atoms with van der Waals surface area (Å²) < 4.78 is 28.4. The lowest BCUT2D eigenvalue weighted by atomic mass is 10.1. The highest BCUT2D eigenvalue weighted by atomic mass is 35.5. The number of sulfone groups is 1. The molecular formula is C19H17Cl3N2O2S. The van der Waals surface area contributed by atoms with Crippen LogP contribution in [0.5, 0.6) is 0 Å². The molecule has 0 aliphatic heterocycles. The van der Waals surface area contributed by atoms with Gasteiger partial charge in [-0.05, 0) is 42.7 Å². The molecule has 1 heterocycles. The Bertz CT molecular complexity index is 984. The van der Waals surface area contributed by atoms with Crippen molar-refractivity contribution in [1.29, 1.82) is 0 Å². The maximum Gasteiger partial charge on any atom is 0.185 e. The molecule has 0 spiro atoms. The molecule has 0 aliphatic carbocycles. The predicted molar refractivity (Wildman–Crippen MR) is 109 cm³/mol. The number of nitrogens with zero attached hydrogens (tertiary/aromatic N) is 2. The summed E-state index contributed by atoms with van der Waals surface area (Å²) in [5.74, 6) is 0. The van der Waals surface area contributed by atoms with Gasteiger partial charge in [0.15, 0.2) is 9.84 Å². The number of hydrogen-bond donors (Lipinski definition) is 0. The number of aryl methyl sites for hydroxylation is 1. The van der Waals surface area contributed by atoms with Crippen LogP contribution in [-0.2, 0) is 22.8 Å². The average molecular weight is 444 g/mol. The van der Waals surface area contributed by atoms with Gasteiger partial charge in [0.25, 0.3) is 0 Å². The molecule has 2 aromatic carbocycles. The minimum atomic E-state index is -3.76. The summed E-state index contributed by atoms with van der Waals surface area (Å²) in [6.45, 7) is 0.261. The molecule has 0 saturated heterocycles. The molecule has 3 rings (SSSR count). The first-order valence-electron chi connectivity index (χ1n) is 8.26. The van der Waals surface area contributed by atoms with Gasteiger partial charge in [0, 0.05) is 24.0 Å². The first kappa shape index (κ1) is 20.2. The number of hydrogen-bond acceptors (Lipinski definition) is 3. The molecule has 8 heteroatoms. The van der Waals surface area contributed by atoms with Crippen molar-refractivity contribution in [3.8, 4) is 0 Å². The lowest BCUT2D eigenvalue weighted by molar-refractivity contribution is 0.541. The van der Waals surface area contributed by atoms with Crippen LogP contribution in [0.3, 0.4) is 0 Å². The van der Waals surface area contributed by atoms with Crippen LogP contribution >= 0.6 is 34.8 Å². The molecule has 0 fully saturated rings. The second kappa shape index (κ2) is 8.65. The summed E-state index contributed by atoms with van der Waals surface area (Å²) in [7, 11) is -3.76. The van der Waals surface area contributed by atoms with Crippen molar-refractivity contribution in [3.05, 3.63) is 81.8 Å². The standard InChI is InChI=1S/C19H17Cl3N2O2S/c20-15-7-4-14(5-8-15)6-9-16(12-24-11-10-23-13-24)27(25,26)19-17(21)2-1-3-18(19)22/h1-5,7-8,10-11,13,16H,6,9,12H2. The average Bonchev–Trinajstić information content (AvgIpc) is 3.12. The number of halogens is 3. The van der Waals surface area contributed by atoms with Crippen LogP contribution in [0, 0.1) is 0 Å². The Hall–Kier alpha value is -1.53. The highest BCUT2D eigenvalue weighted by Crippen LogP contribution is 2.33. The minimum Gasteiger partial charge on any atom is -0.336 e. The van der Waals surface area contributed by atoms with E-state index >= 15 is 0 Å². The van der Waals surface area contributed by atoms with Crippen LogP contribution in [0.25, 0.3) is 0 Å². The van der Waals surface area contributed by atoms with Crippen LogP contribution in [0.15, 0.2) is 66.1 Å². The highest BCUT2D eigenvalue weighted by molar-refractivity contribution is 7.92. The summed E-state index contributed by atoms with van der Waals surface area (Å²) in [6, 6.07) is 12.1. The maximum absolute atomic E-state index is 13.4. The smallest absolute Gasteiger partial charge is 0.185 e. The molecule has 1 unspecified atom stereocenters. The lowest BCUT2D eigenvalue weighted by Gasteiger charge is -2.20. The molecule has 0 bridgehead atoms. The third-order valence-electron chi connectivity index (χ3n) is 4.28. The van der Waals surface area contributed by atoms with Gasteiger partial charge in [-0.25, -0.2) is 13.4 Å². The van der Waals surface area contributed by atoms with Gasteiger partial charge in [0.1, 0.15) is 4.90 Å². The van der Waals surface area contributed by atoms with Crippen LogP contribution in [-0.4, -0.2) is 23.2 Å². The monoisotopic (exact) mass is 442 g/mol. The zero-order valence-corrected chi connectivity index (χ0v) is 17.3. The van der Waals surface area contributed by atoms with Crippen molar-refractivity contribution < 1.29 is 8.42 Å². The van der Waals surface area contributed by atoms with E-state index in [1.165, 1.54) is 12.1 Å². The zero-order valence-electron chi connectivity index (χ0n) is 14.2. The fraction of sp³-hybridized carbons (Fsp3) is 0.211. The van der Waals surface area contributed by atoms with E-state index in [4.69, 9.17) is 34.8 Å². The Labute approximate surface area is 173 Å². The van der Waals surface area contributed by atoms with Gasteiger partial charge < -0.3 is 4.57 Å². The lowest BCUT2D eigenvalue weighted by Crippen LogP contribution is -2.27. The van der Waals surface area contributed by atoms with Crippen LogP contribution in [0.4, 0.5) is 0 Å². The van der Waals surface area contributed by atoms with E-state index in [2.05, 4.69) is 4.98 Å².